The number of fused-ring (bicyclic) bond motifs is 1. The molecule has 0 saturated heterocycles. The Morgan fingerprint density at radius 1 is 0.889 bits per heavy atom. The third-order valence-corrected chi connectivity index (χ3v) is 6.71. The Kier molecular flexibility index (Phi) is 8.21. The molecule has 0 bridgehead atoms. The molecule has 5 nitrogen and oxygen atoms in total. The van der Waals surface area contributed by atoms with Gasteiger partial charge in [-0.2, -0.15) is 0 Å². The van der Waals surface area contributed by atoms with E-state index >= 15 is 0 Å². The maximum absolute atomic E-state index is 13.5. The summed E-state index contributed by atoms with van der Waals surface area (Å²) < 4.78 is 8.28. The fourth-order valence-electron chi connectivity index (χ4n) is 4.64. The lowest BCUT2D eigenvalue weighted by Gasteiger charge is -2.19. The largest absolute Gasteiger partial charge is 0.486 e. The minimum atomic E-state index is -0.777. The number of aliphatic carboxylic acids is 1. The summed E-state index contributed by atoms with van der Waals surface area (Å²) in [5, 5.41) is 10.3. The minimum absolute atomic E-state index is 0.0338. The van der Waals surface area contributed by atoms with E-state index in [2.05, 4.69) is 19.1 Å². The van der Waals surface area contributed by atoms with Gasteiger partial charge in [-0.3, -0.25) is 9.59 Å². The zero-order valence-electron chi connectivity index (χ0n) is 20.9. The highest BCUT2D eigenvalue weighted by Crippen LogP contribution is 2.28. The number of benzene rings is 3. The van der Waals surface area contributed by atoms with Gasteiger partial charge in [-0.1, -0.05) is 68.8 Å². The number of para-hydroxylation sites is 1. The van der Waals surface area contributed by atoms with Crippen LogP contribution in [0.1, 0.15) is 67.1 Å². The smallest absolute Gasteiger partial charge is 0.306 e. The van der Waals surface area contributed by atoms with E-state index in [9.17, 15) is 14.7 Å². The molecule has 0 aliphatic heterocycles. The van der Waals surface area contributed by atoms with Gasteiger partial charge in [0, 0.05) is 34.8 Å². The van der Waals surface area contributed by atoms with Gasteiger partial charge in [0.15, 0.2) is 5.78 Å². The highest BCUT2D eigenvalue weighted by Gasteiger charge is 2.20. The van der Waals surface area contributed by atoms with Crippen LogP contribution >= 0.6 is 0 Å². The van der Waals surface area contributed by atoms with Gasteiger partial charge < -0.3 is 14.4 Å². The van der Waals surface area contributed by atoms with E-state index in [0.717, 1.165) is 35.1 Å². The molecule has 1 aromatic heterocycles. The Morgan fingerprint density at radius 2 is 1.58 bits per heavy atom. The van der Waals surface area contributed by atoms with Gasteiger partial charge in [0.1, 0.15) is 11.9 Å². The standard InChI is InChI=1S/C31H33NO4/c1-3-10-29(23-11-6-5-7-12-23)36-25-17-15-24(16-18-25)30(33)27-21-32(20-19-22(4-2)31(34)35)28-14-9-8-13-26(27)28/h5-9,11-18,21-22,29H,3-4,10,19-20H2,1-2H3,(H,34,35). The molecule has 0 aliphatic rings. The number of carboxylic acids is 1. The van der Waals surface area contributed by atoms with Crippen LogP contribution in [0.3, 0.4) is 0 Å². The lowest BCUT2D eigenvalue weighted by Crippen LogP contribution is -2.15. The van der Waals surface area contributed by atoms with Crippen molar-refractivity contribution < 1.29 is 19.4 Å². The minimum Gasteiger partial charge on any atom is -0.486 e. The number of hydrogen-bond donors (Lipinski definition) is 1. The first-order chi connectivity index (χ1) is 17.5. The van der Waals surface area contributed by atoms with Gasteiger partial charge in [-0.25, -0.2) is 0 Å². The molecule has 1 N–H and O–H groups in total. The molecule has 2 unspecified atom stereocenters. The van der Waals surface area contributed by atoms with Crippen molar-refractivity contribution in [3.63, 3.8) is 0 Å². The average molecular weight is 484 g/mol. The van der Waals surface area contributed by atoms with E-state index in [1.165, 1.54) is 0 Å². The van der Waals surface area contributed by atoms with Crippen LogP contribution in [-0.4, -0.2) is 21.4 Å². The third kappa shape index (κ3) is 5.68. The number of hydrogen-bond acceptors (Lipinski definition) is 3. The van der Waals surface area contributed by atoms with Crippen molar-refractivity contribution >= 4 is 22.7 Å². The third-order valence-electron chi connectivity index (χ3n) is 6.71. The van der Waals surface area contributed by atoms with Crippen LogP contribution < -0.4 is 4.74 Å². The SMILES string of the molecule is CCCC(Oc1ccc(C(=O)c2cn(CCC(CC)C(=O)O)c3ccccc23)cc1)c1ccccc1. The summed E-state index contributed by atoms with van der Waals surface area (Å²) in [7, 11) is 0. The molecule has 5 heteroatoms. The summed E-state index contributed by atoms with van der Waals surface area (Å²) in [5.74, 6) is -0.503. The van der Waals surface area contributed by atoms with Crippen LogP contribution in [0.5, 0.6) is 5.75 Å². The maximum atomic E-state index is 13.5. The Balaban J connectivity index is 1.54. The summed E-state index contributed by atoms with van der Waals surface area (Å²) >= 11 is 0. The Labute approximate surface area is 212 Å². The van der Waals surface area contributed by atoms with Gasteiger partial charge in [0.25, 0.3) is 0 Å². The van der Waals surface area contributed by atoms with Crippen molar-refractivity contribution in [1.29, 1.82) is 0 Å². The lowest BCUT2D eigenvalue weighted by molar-refractivity contribution is -0.142. The molecule has 0 aliphatic carbocycles. The predicted octanol–water partition coefficient (Wildman–Crippen LogP) is 7.29. The summed E-state index contributed by atoms with van der Waals surface area (Å²) in [6.07, 6.45) is 4.84. The fourth-order valence-corrected chi connectivity index (χ4v) is 4.64. The zero-order valence-corrected chi connectivity index (χ0v) is 20.9. The summed E-state index contributed by atoms with van der Waals surface area (Å²) in [6, 6.07) is 25.3. The van der Waals surface area contributed by atoms with E-state index < -0.39 is 11.9 Å². The number of nitrogens with zero attached hydrogens (tertiary/aromatic N) is 1. The maximum Gasteiger partial charge on any atom is 0.306 e. The van der Waals surface area contributed by atoms with Crippen molar-refractivity contribution in [2.75, 3.05) is 0 Å². The molecule has 0 fully saturated rings. The summed E-state index contributed by atoms with van der Waals surface area (Å²) in [5.41, 5.74) is 3.29. The van der Waals surface area contributed by atoms with E-state index in [0.29, 0.717) is 30.5 Å². The molecule has 186 valence electrons. The Hall–Kier alpha value is -3.86. The first kappa shape index (κ1) is 25.2. The number of aromatic nitrogens is 1. The van der Waals surface area contributed by atoms with Crippen LogP contribution in [0.2, 0.25) is 0 Å². The second-order valence-electron chi connectivity index (χ2n) is 9.14. The number of carbonyl (C=O) groups excluding carboxylic acids is 1. The first-order valence-corrected chi connectivity index (χ1v) is 12.7. The zero-order chi connectivity index (χ0) is 25.5. The van der Waals surface area contributed by atoms with Crippen molar-refractivity contribution in [1.82, 2.24) is 4.57 Å². The topological polar surface area (TPSA) is 68.5 Å². The quantitative estimate of drug-likeness (QED) is 0.215. The molecule has 1 heterocycles. The molecule has 0 saturated carbocycles. The Bertz CT molecular complexity index is 1310. The van der Waals surface area contributed by atoms with Crippen LogP contribution in [0.15, 0.2) is 85.1 Å². The molecule has 0 spiro atoms. The number of carboxylic acid groups (broad SMARTS) is 1. The van der Waals surface area contributed by atoms with E-state index in [1.807, 2.05) is 84.4 Å². The monoisotopic (exact) mass is 483 g/mol. The van der Waals surface area contributed by atoms with Crippen molar-refractivity contribution in [3.8, 4) is 5.75 Å². The second-order valence-corrected chi connectivity index (χ2v) is 9.14. The molecule has 0 amide bonds. The average Bonchev–Trinajstić information content (AvgIpc) is 3.28. The second kappa shape index (κ2) is 11.7. The summed E-state index contributed by atoms with van der Waals surface area (Å²) in [4.78, 5) is 24.9. The van der Waals surface area contributed by atoms with E-state index in [4.69, 9.17) is 4.74 Å². The Morgan fingerprint density at radius 3 is 2.25 bits per heavy atom. The lowest BCUT2D eigenvalue weighted by atomic mass is 10.0. The van der Waals surface area contributed by atoms with Crippen LogP contribution in [0, 0.1) is 5.92 Å². The van der Waals surface area contributed by atoms with Crippen molar-refractivity contribution in [3.05, 3.63) is 102 Å². The fraction of sp³-hybridized carbons (Fsp3) is 0.290. The number of carbonyl (C=O) groups is 2. The molecule has 2 atom stereocenters. The molecule has 4 rings (SSSR count). The highest BCUT2D eigenvalue weighted by atomic mass is 16.5. The van der Waals surface area contributed by atoms with Gasteiger partial charge >= 0.3 is 5.97 Å². The van der Waals surface area contributed by atoms with Gasteiger partial charge in [0.2, 0.25) is 0 Å². The number of rotatable bonds is 12. The first-order valence-electron chi connectivity index (χ1n) is 12.7. The molecule has 3 aromatic carbocycles. The van der Waals surface area contributed by atoms with Gasteiger partial charge in [0.05, 0.1) is 5.92 Å². The molecule has 36 heavy (non-hydrogen) atoms. The van der Waals surface area contributed by atoms with Gasteiger partial charge in [-0.05, 0) is 55.2 Å². The van der Waals surface area contributed by atoms with Crippen LogP contribution in [-0.2, 0) is 11.3 Å². The molecular formula is C31H33NO4. The number of ketones is 1. The van der Waals surface area contributed by atoms with Crippen LogP contribution in [0.25, 0.3) is 10.9 Å². The summed E-state index contributed by atoms with van der Waals surface area (Å²) in [6.45, 7) is 4.57. The van der Waals surface area contributed by atoms with Crippen LogP contribution in [0.4, 0.5) is 0 Å². The van der Waals surface area contributed by atoms with E-state index in [-0.39, 0.29) is 11.9 Å². The number of ether oxygens (including phenoxy) is 1. The number of aryl methyl sites for hydroxylation is 1. The molecular weight excluding hydrogens is 450 g/mol. The van der Waals surface area contributed by atoms with Gasteiger partial charge in [-0.15, -0.1) is 0 Å². The highest BCUT2D eigenvalue weighted by molar-refractivity contribution is 6.16. The van der Waals surface area contributed by atoms with Crippen molar-refractivity contribution in [2.45, 2.75) is 52.2 Å². The molecule has 4 aromatic rings. The molecule has 0 radical (unpaired) electrons. The van der Waals surface area contributed by atoms with Crippen molar-refractivity contribution in [2.24, 2.45) is 5.92 Å². The predicted molar refractivity (Wildman–Crippen MR) is 143 cm³/mol. The normalized spacial score (nSPS) is 12.8. The van der Waals surface area contributed by atoms with E-state index in [1.54, 1.807) is 0 Å².